The molecule has 1 saturated heterocycles. The summed E-state index contributed by atoms with van der Waals surface area (Å²) in [7, 11) is 0. The minimum atomic E-state index is -1.62. The lowest BCUT2D eigenvalue weighted by Gasteiger charge is -2.26. The van der Waals surface area contributed by atoms with Crippen LogP contribution in [0, 0.1) is 0 Å². The van der Waals surface area contributed by atoms with Gasteiger partial charge in [0.05, 0.1) is 23.7 Å². The summed E-state index contributed by atoms with van der Waals surface area (Å²) >= 11 is 6.00. The number of halogens is 1. The van der Waals surface area contributed by atoms with E-state index in [0.717, 1.165) is 5.56 Å². The van der Waals surface area contributed by atoms with E-state index in [-0.39, 0.29) is 32.0 Å². The van der Waals surface area contributed by atoms with Crippen molar-refractivity contribution in [2.45, 2.75) is 30.7 Å². The zero-order valence-electron chi connectivity index (χ0n) is 16.4. The van der Waals surface area contributed by atoms with Crippen LogP contribution in [0.1, 0.15) is 22.3 Å². The fraction of sp³-hybridized carbons (Fsp3) is 0.364. The number of hydrogen-bond acceptors (Lipinski definition) is 5. The van der Waals surface area contributed by atoms with Crippen LogP contribution in [0.15, 0.2) is 54.6 Å². The Morgan fingerprint density at radius 1 is 1.10 bits per heavy atom. The molecule has 2 aromatic rings. The van der Waals surface area contributed by atoms with Gasteiger partial charge in [-0.05, 0) is 24.1 Å². The Balaban J connectivity index is 1.45. The second kappa shape index (κ2) is 10.0. The summed E-state index contributed by atoms with van der Waals surface area (Å²) in [6, 6.07) is 16.2. The molecule has 0 bridgehead atoms. The van der Waals surface area contributed by atoms with Crippen LogP contribution in [0.25, 0.3) is 0 Å². The van der Waals surface area contributed by atoms with E-state index >= 15 is 0 Å². The Kier molecular flexibility index (Phi) is 7.44. The molecule has 3 rings (SSSR count). The van der Waals surface area contributed by atoms with E-state index in [1.165, 1.54) is 0 Å². The highest BCUT2D eigenvalue weighted by Crippen LogP contribution is 2.24. The van der Waals surface area contributed by atoms with E-state index in [1.807, 2.05) is 30.3 Å². The van der Waals surface area contributed by atoms with Crippen LogP contribution in [-0.4, -0.2) is 59.5 Å². The zero-order valence-corrected chi connectivity index (χ0v) is 17.1. The molecular weight excluding hydrogens is 408 g/mol. The van der Waals surface area contributed by atoms with Crippen molar-refractivity contribution in [1.82, 2.24) is 10.6 Å². The van der Waals surface area contributed by atoms with Gasteiger partial charge in [0, 0.05) is 13.0 Å². The van der Waals surface area contributed by atoms with Crippen LogP contribution >= 0.6 is 11.6 Å². The van der Waals surface area contributed by atoms with Gasteiger partial charge in [-0.3, -0.25) is 9.59 Å². The summed E-state index contributed by atoms with van der Waals surface area (Å²) in [6.07, 6.45) is -1.21. The highest BCUT2D eigenvalue weighted by molar-refractivity contribution is 6.33. The second-order valence-corrected chi connectivity index (χ2v) is 7.76. The van der Waals surface area contributed by atoms with Gasteiger partial charge in [0.1, 0.15) is 17.8 Å². The molecule has 160 valence electrons. The summed E-state index contributed by atoms with van der Waals surface area (Å²) in [5, 5.41) is 26.7. The number of aryl methyl sites for hydroxylation is 1. The topological polar surface area (TPSA) is 108 Å². The second-order valence-electron chi connectivity index (χ2n) is 7.35. The largest absolute Gasteiger partial charge is 0.387 e. The van der Waals surface area contributed by atoms with Gasteiger partial charge in [-0.15, -0.1) is 0 Å². The lowest BCUT2D eigenvalue weighted by Crippen LogP contribution is -2.53. The third kappa shape index (κ3) is 5.58. The molecule has 2 aromatic carbocycles. The Morgan fingerprint density at radius 2 is 1.80 bits per heavy atom. The number of carbonyl (C=O) groups is 2. The fourth-order valence-electron chi connectivity index (χ4n) is 3.28. The highest BCUT2D eigenvalue weighted by atomic mass is 35.5. The maximum Gasteiger partial charge on any atom is 0.252 e. The van der Waals surface area contributed by atoms with Crippen molar-refractivity contribution in [1.29, 1.82) is 0 Å². The van der Waals surface area contributed by atoms with Gasteiger partial charge in [0.25, 0.3) is 5.91 Å². The number of hydrogen-bond donors (Lipinski definition) is 4. The average molecular weight is 433 g/mol. The maximum absolute atomic E-state index is 12.2. The van der Waals surface area contributed by atoms with Crippen LogP contribution in [-0.2, 0) is 16.0 Å². The SMILES string of the molecule is O=C(CCc1ccccc1)NC[C@]1(O)CO[C@H](CNC(=O)c2ccccc2Cl)[C@H]1O. The van der Waals surface area contributed by atoms with Crippen molar-refractivity contribution in [3.05, 3.63) is 70.7 Å². The molecule has 0 aliphatic carbocycles. The molecule has 3 atom stereocenters. The molecule has 4 N–H and O–H groups in total. The van der Waals surface area contributed by atoms with E-state index in [4.69, 9.17) is 16.3 Å². The van der Waals surface area contributed by atoms with Crippen LogP contribution in [0.2, 0.25) is 5.02 Å². The lowest BCUT2D eigenvalue weighted by atomic mass is 9.96. The van der Waals surface area contributed by atoms with Gasteiger partial charge in [-0.1, -0.05) is 54.1 Å². The molecule has 1 heterocycles. The Bertz CT molecular complexity index is 879. The molecule has 0 radical (unpaired) electrons. The fourth-order valence-corrected chi connectivity index (χ4v) is 3.50. The molecule has 1 aliphatic heterocycles. The molecule has 8 heteroatoms. The molecule has 0 saturated carbocycles. The van der Waals surface area contributed by atoms with Gasteiger partial charge >= 0.3 is 0 Å². The monoisotopic (exact) mass is 432 g/mol. The van der Waals surface area contributed by atoms with Crippen molar-refractivity contribution in [2.24, 2.45) is 0 Å². The van der Waals surface area contributed by atoms with Gasteiger partial charge in [0.15, 0.2) is 0 Å². The van der Waals surface area contributed by atoms with Crippen molar-refractivity contribution < 1.29 is 24.5 Å². The van der Waals surface area contributed by atoms with Gasteiger partial charge in [0.2, 0.25) is 5.91 Å². The molecule has 7 nitrogen and oxygen atoms in total. The number of rotatable bonds is 8. The lowest BCUT2D eigenvalue weighted by molar-refractivity contribution is -0.123. The first-order chi connectivity index (χ1) is 14.4. The zero-order chi connectivity index (χ0) is 21.6. The Morgan fingerprint density at radius 3 is 2.53 bits per heavy atom. The third-order valence-electron chi connectivity index (χ3n) is 5.11. The molecule has 2 amide bonds. The summed E-state index contributed by atoms with van der Waals surface area (Å²) in [4.78, 5) is 24.3. The predicted octanol–water partition coefficient (Wildman–Crippen LogP) is 1.31. The average Bonchev–Trinajstić information content (AvgIpc) is 3.04. The van der Waals surface area contributed by atoms with Gasteiger partial charge in [-0.25, -0.2) is 0 Å². The minimum absolute atomic E-state index is 0.00448. The van der Waals surface area contributed by atoms with Gasteiger partial charge in [-0.2, -0.15) is 0 Å². The number of amides is 2. The number of aliphatic hydroxyl groups is 2. The smallest absolute Gasteiger partial charge is 0.252 e. The quantitative estimate of drug-likeness (QED) is 0.503. The van der Waals surface area contributed by atoms with Crippen LogP contribution in [0.3, 0.4) is 0 Å². The highest BCUT2D eigenvalue weighted by Gasteiger charge is 2.48. The third-order valence-corrected chi connectivity index (χ3v) is 5.44. The van der Waals surface area contributed by atoms with E-state index in [0.29, 0.717) is 17.0 Å². The number of nitrogens with one attached hydrogen (secondary N) is 2. The molecule has 0 aromatic heterocycles. The number of aliphatic hydroxyl groups excluding tert-OH is 1. The molecule has 0 unspecified atom stereocenters. The maximum atomic E-state index is 12.2. The Hall–Kier alpha value is -2.45. The standard InChI is InChI=1S/C22H25ClN2O5/c23-17-9-5-4-8-16(17)21(28)24-12-18-20(27)22(29,14-30-18)13-25-19(26)11-10-15-6-2-1-3-7-15/h1-9,18,20,27,29H,10-14H2,(H,24,28)(H,25,26)/t18-,20-,22+/m1/s1. The molecule has 0 spiro atoms. The molecule has 30 heavy (non-hydrogen) atoms. The van der Waals surface area contributed by atoms with Crippen LogP contribution < -0.4 is 10.6 Å². The summed E-state index contributed by atoms with van der Waals surface area (Å²) in [5.41, 5.74) is -0.264. The van der Waals surface area contributed by atoms with Crippen molar-refractivity contribution >= 4 is 23.4 Å². The molecule has 1 aliphatic rings. The van der Waals surface area contributed by atoms with E-state index < -0.39 is 23.7 Å². The van der Waals surface area contributed by atoms with Crippen molar-refractivity contribution in [3.63, 3.8) is 0 Å². The first-order valence-electron chi connectivity index (χ1n) is 9.74. The predicted molar refractivity (Wildman–Crippen MR) is 112 cm³/mol. The van der Waals surface area contributed by atoms with E-state index in [2.05, 4.69) is 10.6 Å². The van der Waals surface area contributed by atoms with Crippen LogP contribution in [0.4, 0.5) is 0 Å². The van der Waals surface area contributed by atoms with Crippen LogP contribution in [0.5, 0.6) is 0 Å². The molecule has 1 fully saturated rings. The molecular formula is C22H25ClN2O5. The number of carbonyl (C=O) groups excluding carboxylic acids is 2. The number of ether oxygens (including phenoxy) is 1. The Labute approximate surface area is 180 Å². The summed E-state index contributed by atoms with van der Waals surface area (Å²) in [5.74, 6) is -0.629. The van der Waals surface area contributed by atoms with Crippen molar-refractivity contribution in [2.75, 3.05) is 19.7 Å². The normalized spacial score (nSPS) is 23.2. The van der Waals surface area contributed by atoms with E-state index in [1.54, 1.807) is 24.3 Å². The first-order valence-corrected chi connectivity index (χ1v) is 10.1. The van der Waals surface area contributed by atoms with Crippen molar-refractivity contribution in [3.8, 4) is 0 Å². The summed E-state index contributed by atoms with van der Waals surface area (Å²) in [6.45, 7) is -0.300. The van der Waals surface area contributed by atoms with Gasteiger partial charge < -0.3 is 25.6 Å². The number of benzene rings is 2. The summed E-state index contributed by atoms with van der Waals surface area (Å²) < 4.78 is 5.46. The minimum Gasteiger partial charge on any atom is -0.387 e. The first kappa shape index (κ1) is 22.2. The van der Waals surface area contributed by atoms with E-state index in [9.17, 15) is 19.8 Å².